The third kappa shape index (κ3) is 6.29. The molecule has 1 fully saturated rings. The zero-order valence-corrected chi connectivity index (χ0v) is 20.5. The fourth-order valence-corrected chi connectivity index (χ4v) is 3.74. The molecule has 0 spiro atoms. The third-order valence-corrected chi connectivity index (χ3v) is 5.67. The SMILES string of the molecule is CCN1CCN(c2nc(-c3ccc(OCCC(C)(C)O)cc3)cc3ccoc23)CC1.Cl.Cl. The first kappa shape index (κ1) is 26.3. The largest absolute Gasteiger partial charge is 0.493 e. The van der Waals surface area contributed by atoms with Crippen molar-refractivity contribution in [2.75, 3.05) is 44.2 Å². The second-order valence-electron chi connectivity index (χ2n) is 8.53. The van der Waals surface area contributed by atoms with Crippen LogP contribution in [0.1, 0.15) is 27.2 Å². The molecule has 32 heavy (non-hydrogen) atoms. The maximum atomic E-state index is 9.82. The van der Waals surface area contributed by atoms with Gasteiger partial charge in [0.25, 0.3) is 0 Å². The van der Waals surface area contributed by atoms with E-state index < -0.39 is 5.60 Å². The summed E-state index contributed by atoms with van der Waals surface area (Å²) in [5, 5.41) is 10.9. The number of aliphatic hydroxyl groups is 1. The zero-order chi connectivity index (χ0) is 21.1. The second-order valence-corrected chi connectivity index (χ2v) is 8.53. The lowest BCUT2D eigenvalue weighted by atomic mass is 10.1. The number of likely N-dealkylation sites (N-methyl/N-ethyl adjacent to an activating group) is 1. The van der Waals surface area contributed by atoms with Crippen LogP contribution in [0.25, 0.3) is 22.2 Å². The Kier molecular flexibility index (Phi) is 9.22. The topological polar surface area (TPSA) is 62.0 Å². The molecular weight excluding hydrogens is 449 g/mol. The molecule has 0 unspecified atom stereocenters. The lowest BCUT2D eigenvalue weighted by Crippen LogP contribution is -2.46. The molecule has 0 aliphatic carbocycles. The van der Waals surface area contributed by atoms with E-state index >= 15 is 0 Å². The van der Waals surface area contributed by atoms with Gasteiger partial charge in [-0.25, -0.2) is 4.98 Å². The van der Waals surface area contributed by atoms with Gasteiger partial charge < -0.3 is 24.1 Å². The lowest BCUT2D eigenvalue weighted by molar-refractivity contribution is 0.0553. The Labute approximate surface area is 202 Å². The summed E-state index contributed by atoms with van der Waals surface area (Å²) in [5.41, 5.74) is 2.11. The van der Waals surface area contributed by atoms with Crippen LogP contribution in [0.4, 0.5) is 5.82 Å². The van der Waals surface area contributed by atoms with Crippen molar-refractivity contribution in [2.24, 2.45) is 0 Å². The van der Waals surface area contributed by atoms with Crippen molar-refractivity contribution in [1.82, 2.24) is 9.88 Å². The monoisotopic (exact) mass is 481 g/mol. The van der Waals surface area contributed by atoms with Gasteiger partial charge in [-0.15, -0.1) is 24.8 Å². The molecule has 1 N–H and O–H groups in total. The number of rotatable bonds is 7. The summed E-state index contributed by atoms with van der Waals surface area (Å²) in [6.07, 6.45) is 2.32. The molecule has 0 saturated carbocycles. The molecule has 2 aromatic heterocycles. The summed E-state index contributed by atoms with van der Waals surface area (Å²) in [6.45, 7) is 11.3. The highest BCUT2D eigenvalue weighted by Crippen LogP contribution is 2.32. The van der Waals surface area contributed by atoms with Crippen LogP contribution in [-0.4, -0.2) is 59.9 Å². The molecule has 1 aliphatic rings. The molecule has 4 rings (SSSR count). The van der Waals surface area contributed by atoms with Gasteiger partial charge in [-0.05, 0) is 56.8 Å². The highest BCUT2D eigenvalue weighted by Gasteiger charge is 2.21. The van der Waals surface area contributed by atoms with Crippen LogP contribution in [0.3, 0.4) is 0 Å². The molecule has 0 amide bonds. The molecule has 3 aromatic rings. The molecule has 1 aliphatic heterocycles. The number of hydrogen-bond acceptors (Lipinski definition) is 6. The Hall–Kier alpha value is -1.99. The van der Waals surface area contributed by atoms with Crippen LogP contribution in [-0.2, 0) is 0 Å². The van der Waals surface area contributed by atoms with E-state index in [4.69, 9.17) is 14.1 Å². The van der Waals surface area contributed by atoms with Crippen molar-refractivity contribution in [1.29, 1.82) is 0 Å². The maximum absolute atomic E-state index is 9.82. The highest BCUT2D eigenvalue weighted by atomic mass is 35.5. The van der Waals surface area contributed by atoms with Gasteiger partial charge in [0.05, 0.1) is 24.2 Å². The number of aromatic nitrogens is 1. The molecule has 176 valence electrons. The van der Waals surface area contributed by atoms with Crippen molar-refractivity contribution < 1.29 is 14.3 Å². The summed E-state index contributed by atoms with van der Waals surface area (Å²) in [6, 6.07) is 12.1. The molecular formula is C24H33Cl2N3O3. The Bertz CT molecular complexity index is 978. The fourth-order valence-electron chi connectivity index (χ4n) is 3.74. The van der Waals surface area contributed by atoms with E-state index in [1.165, 1.54) is 0 Å². The molecule has 1 saturated heterocycles. The lowest BCUT2D eigenvalue weighted by Gasteiger charge is -2.34. The second kappa shape index (κ2) is 11.2. The first-order valence-electron chi connectivity index (χ1n) is 10.7. The summed E-state index contributed by atoms with van der Waals surface area (Å²) in [5.74, 6) is 1.72. The Morgan fingerprint density at radius 2 is 1.75 bits per heavy atom. The molecule has 3 heterocycles. The Morgan fingerprint density at radius 1 is 1.06 bits per heavy atom. The molecule has 6 nitrogen and oxygen atoms in total. The standard InChI is InChI=1S/C24H31N3O3.2ClH/c1-4-26-11-13-27(14-12-26)23-22-19(9-15-30-22)17-21(25-23)18-5-7-20(8-6-18)29-16-10-24(2,3)28;;/h5-9,15,17,28H,4,10-14,16H2,1-3H3;2*1H. The van der Waals surface area contributed by atoms with Gasteiger partial charge in [0.2, 0.25) is 0 Å². The van der Waals surface area contributed by atoms with Crippen LogP contribution in [0, 0.1) is 0 Å². The number of anilines is 1. The van der Waals surface area contributed by atoms with Gasteiger partial charge in [0, 0.05) is 43.5 Å². The number of piperazine rings is 1. The van der Waals surface area contributed by atoms with E-state index in [1.807, 2.05) is 30.3 Å². The summed E-state index contributed by atoms with van der Waals surface area (Å²) < 4.78 is 11.5. The number of hydrogen-bond donors (Lipinski definition) is 1. The molecule has 1 aromatic carbocycles. The van der Waals surface area contributed by atoms with E-state index in [0.717, 1.165) is 66.5 Å². The first-order chi connectivity index (χ1) is 14.4. The van der Waals surface area contributed by atoms with E-state index in [0.29, 0.717) is 13.0 Å². The average molecular weight is 482 g/mol. The highest BCUT2D eigenvalue weighted by molar-refractivity contribution is 5.90. The van der Waals surface area contributed by atoms with Crippen molar-refractivity contribution >= 4 is 41.6 Å². The molecule has 8 heteroatoms. The van der Waals surface area contributed by atoms with E-state index in [2.05, 4.69) is 22.8 Å². The number of benzene rings is 1. The van der Waals surface area contributed by atoms with Gasteiger partial charge in [-0.2, -0.15) is 0 Å². The fraction of sp³-hybridized carbons (Fsp3) is 0.458. The van der Waals surface area contributed by atoms with Gasteiger partial charge in [-0.3, -0.25) is 0 Å². The summed E-state index contributed by atoms with van der Waals surface area (Å²) >= 11 is 0. The third-order valence-electron chi connectivity index (χ3n) is 5.67. The first-order valence-corrected chi connectivity index (χ1v) is 10.7. The predicted octanol–water partition coefficient (Wildman–Crippen LogP) is 5.02. The minimum absolute atomic E-state index is 0. The Morgan fingerprint density at radius 3 is 2.38 bits per heavy atom. The van der Waals surface area contributed by atoms with Crippen LogP contribution < -0.4 is 9.64 Å². The molecule has 0 radical (unpaired) electrons. The smallest absolute Gasteiger partial charge is 0.176 e. The number of fused-ring (bicyclic) bond motifs is 1. The van der Waals surface area contributed by atoms with Gasteiger partial charge in [0.15, 0.2) is 11.4 Å². The zero-order valence-electron chi connectivity index (χ0n) is 18.9. The van der Waals surface area contributed by atoms with Crippen molar-refractivity contribution in [3.8, 4) is 17.0 Å². The summed E-state index contributed by atoms with van der Waals surface area (Å²) in [7, 11) is 0. The number of furan rings is 1. The number of nitrogens with zero attached hydrogens (tertiary/aromatic N) is 3. The predicted molar refractivity (Wildman–Crippen MR) is 135 cm³/mol. The summed E-state index contributed by atoms with van der Waals surface area (Å²) in [4.78, 5) is 9.77. The van der Waals surface area contributed by atoms with Crippen LogP contribution in [0.2, 0.25) is 0 Å². The van der Waals surface area contributed by atoms with E-state index in [-0.39, 0.29) is 24.8 Å². The minimum atomic E-state index is -0.719. The molecule has 0 bridgehead atoms. The number of pyridine rings is 1. The number of halogens is 2. The van der Waals surface area contributed by atoms with Gasteiger partial charge >= 0.3 is 0 Å². The van der Waals surface area contributed by atoms with E-state index in [1.54, 1.807) is 20.1 Å². The minimum Gasteiger partial charge on any atom is -0.493 e. The van der Waals surface area contributed by atoms with Crippen molar-refractivity contribution in [3.63, 3.8) is 0 Å². The van der Waals surface area contributed by atoms with Crippen molar-refractivity contribution in [2.45, 2.75) is 32.8 Å². The number of ether oxygens (including phenoxy) is 1. The Balaban J connectivity index is 0.00000181. The van der Waals surface area contributed by atoms with E-state index in [9.17, 15) is 5.11 Å². The maximum Gasteiger partial charge on any atom is 0.176 e. The average Bonchev–Trinajstić information content (AvgIpc) is 3.21. The van der Waals surface area contributed by atoms with Crippen LogP contribution >= 0.6 is 24.8 Å². The normalized spacial score (nSPS) is 14.7. The van der Waals surface area contributed by atoms with Gasteiger partial charge in [-0.1, -0.05) is 6.92 Å². The van der Waals surface area contributed by atoms with Crippen molar-refractivity contribution in [3.05, 3.63) is 42.7 Å². The molecule has 0 atom stereocenters. The van der Waals surface area contributed by atoms with Crippen LogP contribution in [0.5, 0.6) is 5.75 Å². The van der Waals surface area contributed by atoms with Gasteiger partial charge in [0.1, 0.15) is 5.75 Å². The van der Waals surface area contributed by atoms with Crippen LogP contribution in [0.15, 0.2) is 47.1 Å². The quantitative estimate of drug-likeness (QED) is 0.510.